The Morgan fingerprint density at radius 1 is 1.30 bits per heavy atom. The third kappa shape index (κ3) is 3.16. The maximum Gasteiger partial charge on any atom is 0.162 e. The molecule has 20 heavy (non-hydrogen) atoms. The second kappa shape index (κ2) is 6.16. The summed E-state index contributed by atoms with van der Waals surface area (Å²) < 4.78 is 32.3. The number of benzene rings is 1. The average Bonchev–Trinajstić information content (AvgIpc) is 2.44. The van der Waals surface area contributed by atoms with Gasteiger partial charge in [0.25, 0.3) is 0 Å². The molecular weight excluding hydrogens is 262 g/mol. The first kappa shape index (κ1) is 15.4. The van der Waals surface area contributed by atoms with Crippen LogP contribution in [0.5, 0.6) is 0 Å². The minimum atomic E-state index is -0.820. The van der Waals surface area contributed by atoms with E-state index < -0.39 is 11.6 Å². The molecule has 1 aromatic rings. The average molecular weight is 284 g/mol. The zero-order valence-electron chi connectivity index (χ0n) is 12.0. The molecule has 0 aromatic heterocycles. The second-order valence-electron chi connectivity index (χ2n) is 5.78. The molecule has 0 aliphatic carbocycles. The molecule has 0 spiro atoms. The van der Waals surface area contributed by atoms with Crippen LogP contribution in [0, 0.1) is 11.6 Å². The number of hydrogen-bond donors (Lipinski definition) is 1. The smallest absolute Gasteiger partial charge is 0.162 e. The van der Waals surface area contributed by atoms with Crippen molar-refractivity contribution in [1.82, 2.24) is 4.90 Å². The molecule has 0 saturated carbocycles. The van der Waals surface area contributed by atoms with Gasteiger partial charge in [0.2, 0.25) is 0 Å². The first-order chi connectivity index (χ1) is 9.43. The van der Waals surface area contributed by atoms with Crippen molar-refractivity contribution in [3.63, 3.8) is 0 Å². The molecule has 1 aliphatic heterocycles. The summed E-state index contributed by atoms with van der Waals surface area (Å²) in [6.07, 6.45) is 0.313. The van der Waals surface area contributed by atoms with E-state index in [9.17, 15) is 8.78 Å². The Bertz CT molecular complexity index is 459. The lowest BCUT2D eigenvalue weighted by molar-refractivity contribution is -0.0186. The molecular formula is C15H22F2N2O. The van der Waals surface area contributed by atoms with Crippen LogP contribution in [0.4, 0.5) is 8.78 Å². The molecule has 1 saturated heterocycles. The van der Waals surface area contributed by atoms with Crippen molar-refractivity contribution in [2.24, 2.45) is 5.73 Å². The summed E-state index contributed by atoms with van der Waals surface area (Å²) in [6, 6.07) is 3.95. The SMILES string of the molecule is CC(C)(C(N)Cc1cccc(F)c1F)N1CCOCC1. The fourth-order valence-corrected chi connectivity index (χ4v) is 2.57. The van der Waals surface area contributed by atoms with Crippen molar-refractivity contribution < 1.29 is 13.5 Å². The maximum atomic E-state index is 13.7. The van der Waals surface area contributed by atoms with Gasteiger partial charge >= 0.3 is 0 Å². The van der Waals surface area contributed by atoms with Gasteiger partial charge < -0.3 is 10.5 Å². The van der Waals surface area contributed by atoms with Crippen molar-refractivity contribution in [1.29, 1.82) is 0 Å². The number of halogens is 2. The molecule has 0 amide bonds. The van der Waals surface area contributed by atoms with E-state index in [2.05, 4.69) is 4.90 Å². The van der Waals surface area contributed by atoms with Crippen LogP contribution in [0.25, 0.3) is 0 Å². The molecule has 1 heterocycles. The quantitative estimate of drug-likeness (QED) is 0.918. The Morgan fingerprint density at radius 3 is 2.60 bits per heavy atom. The lowest BCUT2D eigenvalue weighted by atomic mass is 9.87. The maximum absolute atomic E-state index is 13.7. The minimum absolute atomic E-state index is 0.281. The molecule has 1 aromatic carbocycles. The monoisotopic (exact) mass is 284 g/mol. The standard InChI is InChI=1S/C15H22F2N2O/c1-15(2,19-6-8-20-9-7-19)13(18)10-11-4-3-5-12(16)14(11)17/h3-5,13H,6-10,18H2,1-2H3. The van der Waals surface area contributed by atoms with Gasteiger partial charge in [-0.2, -0.15) is 0 Å². The van der Waals surface area contributed by atoms with Gasteiger partial charge in [0.1, 0.15) is 0 Å². The van der Waals surface area contributed by atoms with Crippen molar-refractivity contribution >= 4 is 0 Å². The van der Waals surface area contributed by atoms with E-state index in [1.807, 2.05) is 13.8 Å². The topological polar surface area (TPSA) is 38.5 Å². The highest BCUT2D eigenvalue weighted by Crippen LogP contribution is 2.23. The predicted octanol–water partition coefficient (Wildman–Crippen LogP) is 1.95. The summed E-state index contributed by atoms with van der Waals surface area (Å²) in [5, 5.41) is 0. The largest absolute Gasteiger partial charge is 0.379 e. The molecule has 2 rings (SSSR count). The predicted molar refractivity (Wildman–Crippen MR) is 74.5 cm³/mol. The molecule has 0 bridgehead atoms. The molecule has 3 nitrogen and oxygen atoms in total. The third-order valence-electron chi connectivity index (χ3n) is 4.20. The fourth-order valence-electron chi connectivity index (χ4n) is 2.57. The van der Waals surface area contributed by atoms with E-state index in [0.29, 0.717) is 25.2 Å². The van der Waals surface area contributed by atoms with Crippen LogP contribution >= 0.6 is 0 Å². The summed E-state index contributed by atoms with van der Waals surface area (Å²) >= 11 is 0. The van der Waals surface area contributed by atoms with Gasteiger partial charge in [-0.1, -0.05) is 12.1 Å². The number of rotatable bonds is 4. The van der Waals surface area contributed by atoms with Crippen LogP contribution in [0.15, 0.2) is 18.2 Å². The molecule has 1 aliphatic rings. The first-order valence-electron chi connectivity index (χ1n) is 6.94. The normalized spacial score (nSPS) is 19.1. The summed E-state index contributed by atoms with van der Waals surface area (Å²) in [4.78, 5) is 2.25. The highest BCUT2D eigenvalue weighted by Gasteiger charge is 2.34. The van der Waals surface area contributed by atoms with Gasteiger partial charge in [-0.15, -0.1) is 0 Å². The Morgan fingerprint density at radius 2 is 1.95 bits per heavy atom. The highest BCUT2D eigenvalue weighted by atomic mass is 19.2. The van der Waals surface area contributed by atoms with Crippen LogP contribution in [-0.4, -0.2) is 42.8 Å². The van der Waals surface area contributed by atoms with Gasteiger partial charge in [-0.05, 0) is 31.9 Å². The minimum Gasteiger partial charge on any atom is -0.379 e. The van der Waals surface area contributed by atoms with Crippen LogP contribution in [0.2, 0.25) is 0 Å². The van der Waals surface area contributed by atoms with Crippen LogP contribution in [-0.2, 0) is 11.2 Å². The lowest BCUT2D eigenvalue weighted by Crippen LogP contribution is -2.59. The first-order valence-corrected chi connectivity index (χ1v) is 6.94. The summed E-state index contributed by atoms with van der Waals surface area (Å²) in [7, 11) is 0. The molecule has 112 valence electrons. The second-order valence-corrected chi connectivity index (χ2v) is 5.78. The molecule has 1 unspecified atom stereocenters. The number of ether oxygens (including phenoxy) is 1. The van der Waals surface area contributed by atoms with E-state index in [0.717, 1.165) is 19.2 Å². The zero-order chi connectivity index (χ0) is 14.8. The molecule has 2 N–H and O–H groups in total. The van der Waals surface area contributed by atoms with Crippen LogP contribution < -0.4 is 5.73 Å². The molecule has 0 radical (unpaired) electrons. The van der Waals surface area contributed by atoms with E-state index in [4.69, 9.17) is 10.5 Å². The van der Waals surface area contributed by atoms with E-state index >= 15 is 0 Å². The van der Waals surface area contributed by atoms with Gasteiger partial charge in [0.05, 0.1) is 13.2 Å². The van der Waals surface area contributed by atoms with Crippen molar-refractivity contribution in [3.8, 4) is 0 Å². The van der Waals surface area contributed by atoms with E-state index in [1.165, 1.54) is 6.07 Å². The van der Waals surface area contributed by atoms with Crippen LogP contribution in [0.3, 0.4) is 0 Å². The summed E-state index contributed by atoms with van der Waals surface area (Å²) in [6.45, 7) is 7.08. The summed E-state index contributed by atoms with van der Waals surface area (Å²) in [5.41, 5.74) is 6.30. The third-order valence-corrected chi connectivity index (χ3v) is 4.20. The van der Waals surface area contributed by atoms with Crippen molar-refractivity contribution in [2.75, 3.05) is 26.3 Å². The van der Waals surface area contributed by atoms with Gasteiger partial charge in [-0.3, -0.25) is 4.90 Å². The van der Waals surface area contributed by atoms with Gasteiger partial charge in [0, 0.05) is 24.7 Å². The Hall–Kier alpha value is -1.04. The Kier molecular flexibility index (Phi) is 4.73. The fraction of sp³-hybridized carbons (Fsp3) is 0.600. The van der Waals surface area contributed by atoms with Gasteiger partial charge in [-0.25, -0.2) is 8.78 Å². The zero-order valence-corrected chi connectivity index (χ0v) is 12.0. The van der Waals surface area contributed by atoms with Gasteiger partial charge in [0.15, 0.2) is 11.6 Å². The molecule has 1 atom stereocenters. The molecule has 5 heteroatoms. The number of morpholine rings is 1. The van der Waals surface area contributed by atoms with E-state index in [-0.39, 0.29) is 11.6 Å². The number of nitrogens with zero attached hydrogens (tertiary/aromatic N) is 1. The molecule has 1 fully saturated rings. The highest BCUT2D eigenvalue weighted by molar-refractivity contribution is 5.21. The Labute approximate surface area is 118 Å². The van der Waals surface area contributed by atoms with Crippen molar-refractivity contribution in [3.05, 3.63) is 35.4 Å². The Balaban J connectivity index is 2.09. The summed E-state index contributed by atoms with van der Waals surface area (Å²) in [5.74, 6) is -1.61. The number of hydrogen-bond acceptors (Lipinski definition) is 3. The van der Waals surface area contributed by atoms with Crippen LogP contribution in [0.1, 0.15) is 19.4 Å². The lowest BCUT2D eigenvalue weighted by Gasteiger charge is -2.44. The van der Waals surface area contributed by atoms with Crippen molar-refractivity contribution in [2.45, 2.75) is 31.8 Å². The van der Waals surface area contributed by atoms with E-state index in [1.54, 1.807) is 6.07 Å². The number of nitrogens with two attached hydrogens (primary N) is 1.